The lowest BCUT2D eigenvalue weighted by Gasteiger charge is -2.02. The maximum Gasteiger partial charge on any atom is 0.251 e. The molecule has 3 heteroatoms. The normalized spacial score (nSPS) is 11.5. The number of allylic oxidation sites excluding steroid dienone is 2. The average Bonchev–Trinajstić information content (AvgIpc) is 2.60. The SMILES string of the molecule is CCCCCCCCC=CCCCCCCCCc1nc(C)cc(=O)[nH]1. The summed E-state index contributed by atoms with van der Waals surface area (Å²) in [6, 6.07) is 1.55. The van der Waals surface area contributed by atoms with Crippen molar-refractivity contribution in [1.82, 2.24) is 9.97 Å². The van der Waals surface area contributed by atoms with Crippen LogP contribution in [0, 0.1) is 6.92 Å². The molecule has 1 N–H and O–H groups in total. The molecule has 0 saturated heterocycles. The molecule has 0 bridgehead atoms. The van der Waals surface area contributed by atoms with Gasteiger partial charge in [-0.3, -0.25) is 4.79 Å². The summed E-state index contributed by atoms with van der Waals surface area (Å²) >= 11 is 0. The number of hydrogen-bond acceptors (Lipinski definition) is 2. The Bertz CT molecular complexity index is 533. The van der Waals surface area contributed by atoms with Crippen LogP contribution < -0.4 is 5.56 Å². The second-order valence-corrected chi connectivity index (χ2v) is 7.52. The molecule has 148 valence electrons. The molecule has 0 spiro atoms. The molecule has 0 amide bonds. The molecule has 0 saturated carbocycles. The maximum atomic E-state index is 11.4. The van der Waals surface area contributed by atoms with Crippen molar-refractivity contribution >= 4 is 0 Å². The average molecular weight is 361 g/mol. The zero-order chi connectivity index (χ0) is 18.9. The predicted octanol–water partition coefficient (Wildman–Crippen LogP) is 6.66. The molecule has 1 heterocycles. The fourth-order valence-corrected chi connectivity index (χ4v) is 3.30. The van der Waals surface area contributed by atoms with Gasteiger partial charge in [0.2, 0.25) is 0 Å². The van der Waals surface area contributed by atoms with Gasteiger partial charge in [-0.2, -0.15) is 0 Å². The van der Waals surface area contributed by atoms with E-state index in [4.69, 9.17) is 0 Å². The van der Waals surface area contributed by atoms with E-state index in [0.717, 1.165) is 24.4 Å². The first-order chi connectivity index (χ1) is 12.7. The summed E-state index contributed by atoms with van der Waals surface area (Å²) < 4.78 is 0. The van der Waals surface area contributed by atoms with Crippen molar-refractivity contribution in [1.29, 1.82) is 0 Å². The predicted molar refractivity (Wildman–Crippen MR) is 113 cm³/mol. The van der Waals surface area contributed by atoms with Gasteiger partial charge in [-0.1, -0.05) is 76.9 Å². The Morgan fingerprint density at radius 2 is 1.38 bits per heavy atom. The number of nitrogens with zero attached hydrogens (tertiary/aromatic N) is 1. The van der Waals surface area contributed by atoms with Gasteiger partial charge in [0, 0.05) is 18.2 Å². The van der Waals surface area contributed by atoms with Gasteiger partial charge in [-0.25, -0.2) is 4.98 Å². The largest absolute Gasteiger partial charge is 0.311 e. The minimum Gasteiger partial charge on any atom is -0.311 e. The van der Waals surface area contributed by atoms with E-state index in [1.807, 2.05) is 6.92 Å². The lowest BCUT2D eigenvalue weighted by molar-refractivity contribution is 0.589. The monoisotopic (exact) mass is 360 g/mol. The van der Waals surface area contributed by atoms with Crippen molar-refractivity contribution in [2.24, 2.45) is 0 Å². The van der Waals surface area contributed by atoms with E-state index < -0.39 is 0 Å². The summed E-state index contributed by atoms with van der Waals surface area (Å²) in [5.41, 5.74) is 0.783. The maximum absolute atomic E-state index is 11.4. The summed E-state index contributed by atoms with van der Waals surface area (Å²) in [6.07, 6.45) is 24.1. The Hall–Kier alpha value is -1.38. The molecule has 0 aromatic carbocycles. The number of unbranched alkanes of at least 4 members (excludes halogenated alkanes) is 12. The summed E-state index contributed by atoms with van der Waals surface area (Å²) in [5, 5.41) is 0. The Balaban J connectivity index is 1.86. The molecule has 0 unspecified atom stereocenters. The highest BCUT2D eigenvalue weighted by Crippen LogP contribution is 2.10. The molecule has 0 fully saturated rings. The van der Waals surface area contributed by atoms with Crippen LogP contribution in [0.4, 0.5) is 0 Å². The lowest BCUT2D eigenvalue weighted by Crippen LogP contribution is -2.11. The number of aryl methyl sites for hydroxylation is 2. The number of nitrogens with one attached hydrogen (secondary N) is 1. The Morgan fingerprint density at radius 1 is 0.846 bits per heavy atom. The van der Waals surface area contributed by atoms with Crippen molar-refractivity contribution in [3.8, 4) is 0 Å². The van der Waals surface area contributed by atoms with Crippen LogP contribution in [-0.2, 0) is 6.42 Å². The second-order valence-electron chi connectivity index (χ2n) is 7.52. The van der Waals surface area contributed by atoms with Crippen molar-refractivity contribution in [2.45, 2.75) is 110 Å². The van der Waals surface area contributed by atoms with Crippen LogP contribution in [0.2, 0.25) is 0 Å². The van der Waals surface area contributed by atoms with Crippen LogP contribution in [0.1, 0.15) is 108 Å². The molecule has 26 heavy (non-hydrogen) atoms. The van der Waals surface area contributed by atoms with E-state index in [2.05, 4.69) is 29.0 Å². The van der Waals surface area contributed by atoms with Crippen molar-refractivity contribution < 1.29 is 0 Å². The number of aromatic nitrogens is 2. The van der Waals surface area contributed by atoms with Gasteiger partial charge < -0.3 is 4.98 Å². The number of aromatic amines is 1. The molecule has 1 aromatic heterocycles. The van der Waals surface area contributed by atoms with Gasteiger partial charge in [0.25, 0.3) is 5.56 Å². The van der Waals surface area contributed by atoms with E-state index in [1.54, 1.807) is 6.07 Å². The first-order valence-corrected chi connectivity index (χ1v) is 10.9. The minimum atomic E-state index is -0.0305. The quantitative estimate of drug-likeness (QED) is 0.265. The summed E-state index contributed by atoms with van der Waals surface area (Å²) in [7, 11) is 0. The third-order valence-electron chi connectivity index (χ3n) is 4.84. The van der Waals surface area contributed by atoms with Gasteiger partial charge in [0.05, 0.1) is 0 Å². The van der Waals surface area contributed by atoms with E-state index >= 15 is 0 Å². The molecule has 0 aliphatic rings. The second kappa shape index (κ2) is 15.8. The number of hydrogen-bond donors (Lipinski definition) is 1. The number of H-pyrrole nitrogens is 1. The fourth-order valence-electron chi connectivity index (χ4n) is 3.30. The van der Waals surface area contributed by atoms with Gasteiger partial charge in [-0.15, -0.1) is 0 Å². The van der Waals surface area contributed by atoms with E-state index in [1.165, 1.54) is 83.5 Å². The first-order valence-electron chi connectivity index (χ1n) is 10.9. The van der Waals surface area contributed by atoms with E-state index in [-0.39, 0.29) is 5.56 Å². The van der Waals surface area contributed by atoms with Crippen molar-refractivity contribution in [2.75, 3.05) is 0 Å². The van der Waals surface area contributed by atoms with Crippen molar-refractivity contribution in [3.63, 3.8) is 0 Å². The van der Waals surface area contributed by atoms with Crippen LogP contribution in [0.3, 0.4) is 0 Å². The molecule has 0 aliphatic heterocycles. The fraction of sp³-hybridized carbons (Fsp3) is 0.739. The van der Waals surface area contributed by atoms with Gasteiger partial charge in [0.15, 0.2) is 0 Å². The molecule has 0 aliphatic carbocycles. The van der Waals surface area contributed by atoms with Crippen LogP contribution in [0.5, 0.6) is 0 Å². The Morgan fingerprint density at radius 3 is 1.96 bits per heavy atom. The lowest BCUT2D eigenvalue weighted by atomic mass is 10.1. The summed E-state index contributed by atoms with van der Waals surface area (Å²) in [4.78, 5) is 18.6. The van der Waals surface area contributed by atoms with Crippen LogP contribution in [-0.4, -0.2) is 9.97 Å². The molecule has 1 rings (SSSR count). The van der Waals surface area contributed by atoms with Crippen LogP contribution in [0.25, 0.3) is 0 Å². The first kappa shape index (κ1) is 22.7. The Labute approximate surface area is 160 Å². The van der Waals surface area contributed by atoms with Crippen LogP contribution in [0.15, 0.2) is 23.0 Å². The van der Waals surface area contributed by atoms with E-state index in [0.29, 0.717) is 0 Å². The van der Waals surface area contributed by atoms with E-state index in [9.17, 15) is 4.79 Å². The van der Waals surface area contributed by atoms with Crippen LogP contribution >= 0.6 is 0 Å². The number of rotatable bonds is 16. The standard InChI is InChI=1S/C23H40N2O/c1-3-4-5-6-7-8-9-10-11-12-13-14-15-16-17-18-19-22-24-21(2)20-23(26)25-22/h10-11,20H,3-9,12-19H2,1-2H3,(H,24,25,26). The highest BCUT2D eigenvalue weighted by Gasteiger charge is 1.98. The molecular formula is C23H40N2O. The topological polar surface area (TPSA) is 45.8 Å². The third-order valence-corrected chi connectivity index (χ3v) is 4.84. The van der Waals surface area contributed by atoms with Gasteiger partial charge in [0.1, 0.15) is 5.82 Å². The van der Waals surface area contributed by atoms with Gasteiger partial charge in [-0.05, 0) is 39.0 Å². The summed E-state index contributed by atoms with van der Waals surface area (Å²) in [6.45, 7) is 4.15. The smallest absolute Gasteiger partial charge is 0.251 e. The molecule has 0 atom stereocenters. The minimum absolute atomic E-state index is 0.0305. The highest BCUT2D eigenvalue weighted by atomic mass is 16.1. The van der Waals surface area contributed by atoms with Crippen molar-refractivity contribution in [3.05, 3.63) is 40.1 Å². The zero-order valence-corrected chi connectivity index (χ0v) is 17.2. The zero-order valence-electron chi connectivity index (χ0n) is 17.2. The highest BCUT2D eigenvalue weighted by molar-refractivity contribution is 5.00. The Kier molecular flexibility index (Phi) is 13.8. The molecule has 0 radical (unpaired) electrons. The summed E-state index contributed by atoms with van der Waals surface area (Å²) in [5.74, 6) is 0.838. The molecular weight excluding hydrogens is 320 g/mol. The molecule has 3 nitrogen and oxygen atoms in total. The third kappa shape index (κ3) is 12.9. The molecule has 1 aromatic rings. The van der Waals surface area contributed by atoms with Gasteiger partial charge >= 0.3 is 0 Å².